The van der Waals surface area contributed by atoms with Crippen molar-refractivity contribution in [2.24, 2.45) is 0 Å². The largest absolute Gasteiger partial charge is 0.412 e. The van der Waals surface area contributed by atoms with Gasteiger partial charge in [-0.15, -0.1) is 0 Å². The molecule has 0 aromatic carbocycles. The number of anilines is 1. The lowest BCUT2D eigenvalue weighted by atomic mass is 10.1. The van der Waals surface area contributed by atoms with Crippen molar-refractivity contribution in [3.8, 4) is 0 Å². The van der Waals surface area contributed by atoms with Gasteiger partial charge in [0.25, 0.3) is 0 Å². The summed E-state index contributed by atoms with van der Waals surface area (Å²) in [5.41, 5.74) is 4.63. The predicted molar refractivity (Wildman–Crippen MR) is 59.5 cm³/mol. The fourth-order valence-corrected chi connectivity index (χ4v) is 1.73. The van der Waals surface area contributed by atoms with Gasteiger partial charge in [0.2, 0.25) is 0 Å². The first-order chi connectivity index (χ1) is 8.04. The van der Waals surface area contributed by atoms with Crippen molar-refractivity contribution in [3.63, 3.8) is 0 Å². The highest BCUT2D eigenvalue weighted by Gasteiger charge is 2.43. The van der Waals surface area contributed by atoms with E-state index in [-0.39, 0.29) is 11.3 Å². The van der Waals surface area contributed by atoms with Crippen LogP contribution < -0.4 is 11.4 Å². The molecule has 0 unspecified atom stereocenters. The molecule has 18 heavy (non-hydrogen) atoms. The summed E-state index contributed by atoms with van der Waals surface area (Å²) in [6, 6.07) is 1.37. The number of aromatic nitrogens is 2. The summed E-state index contributed by atoms with van der Waals surface area (Å²) in [5.74, 6) is 0.0537. The van der Waals surface area contributed by atoms with Gasteiger partial charge in [-0.05, 0) is 6.07 Å². The summed E-state index contributed by atoms with van der Waals surface area (Å²) >= 11 is 0. The second-order valence-corrected chi connectivity index (χ2v) is 3.77. The molecule has 1 fully saturated rings. The molecule has 2 heterocycles. The molecule has 0 radical (unpaired) electrons. The van der Waals surface area contributed by atoms with Crippen LogP contribution in [-0.2, 0) is 4.74 Å². The molecule has 1 aliphatic rings. The number of hydrogen-bond donors (Lipinski definition) is 4. The topological polar surface area (TPSA) is 162 Å². The minimum Gasteiger partial charge on any atom is -0.412 e. The van der Waals surface area contributed by atoms with E-state index in [2.05, 4.69) is 4.98 Å². The van der Waals surface area contributed by atoms with Gasteiger partial charge in [-0.2, -0.15) is 4.98 Å². The zero-order valence-corrected chi connectivity index (χ0v) is 9.30. The van der Waals surface area contributed by atoms with Crippen molar-refractivity contribution in [2.45, 2.75) is 24.5 Å². The molecule has 7 N–H and O–H groups in total. The summed E-state index contributed by atoms with van der Waals surface area (Å²) in [4.78, 5) is 15.0. The fraction of sp³-hybridized carbons (Fsp3) is 0.556. The molecule has 1 aromatic heterocycles. The van der Waals surface area contributed by atoms with E-state index in [0.29, 0.717) is 0 Å². The lowest BCUT2D eigenvalue weighted by molar-refractivity contribution is -0.0549. The Morgan fingerprint density at radius 3 is 2.61 bits per heavy atom. The molecule has 0 saturated carbocycles. The second-order valence-electron chi connectivity index (χ2n) is 3.77. The Kier molecular flexibility index (Phi) is 4.38. The molecule has 102 valence electrons. The van der Waals surface area contributed by atoms with Gasteiger partial charge in [0.15, 0.2) is 6.23 Å². The Hall–Kier alpha value is -1.52. The van der Waals surface area contributed by atoms with Crippen molar-refractivity contribution in [1.29, 1.82) is 0 Å². The van der Waals surface area contributed by atoms with Crippen LogP contribution in [-0.4, -0.2) is 55.3 Å². The number of nitrogen functional groups attached to an aromatic ring is 1. The number of nitrogens with zero attached hydrogens (tertiary/aromatic N) is 2. The molecule has 2 rings (SSSR count). The monoisotopic (exact) mass is 261 g/mol. The van der Waals surface area contributed by atoms with Crippen LogP contribution in [0.25, 0.3) is 0 Å². The van der Waals surface area contributed by atoms with Gasteiger partial charge in [0.1, 0.15) is 24.1 Å². The summed E-state index contributed by atoms with van der Waals surface area (Å²) < 4.78 is 6.19. The Morgan fingerprint density at radius 1 is 1.44 bits per heavy atom. The SMILES string of the molecule is Nc1ccn([C@@H]2O[C@H](CO)[C@@H](O)[C@@H]2O)c(=O)n1.O. The number of hydrogen-bond acceptors (Lipinski definition) is 7. The minimum absolute atomic E-state index is 0. The number of aliphatic hydroxyl groups excluding tert-OH is 3. The first-order valence-corrected chi connectivity index (χ1v) is 5.01. The van der Waals surface area contributed by atoms with E-state index >= 15 is 0 Å². The minimum atomic E-state index is -1.31. The highest BCUT2D eigenvalue weighted by molar-refractivity contribution is 5.23. The Labute approximate surface area is 101 Å². The summed E-state index contributed by atoms with van der Waals surface area (Å²) in [7, 11) is 0. The highest BCUT2D eigenvalue weighted by Crippen LogP contribution is 2.27. The summed E-state index contributed by atoms with van der Waals surface area (Å²) in [5, 5.41) is 28.2. The van der Waals surface area contributed by atoms with Crippen LogP contribution in [0.2, 0.25) is 0 Å². The third kappa shape index (κ3) is 2.35. The third-order valence-electron chi connectivity index (χ3n) is 2.64. The molecule has 0 amide bonds. The smallest absolute Gasteiger partial charge is 0.351 e. The molecule has 4 atom stereocenters. The molecule has 9 heteroatoms. The van der Waals surface area contributed by atoms with Crippen LogP contribution in [0, 0.1) is 0 Å². The Balaban J connectivity index is 0.00000162. The van der Waals surface area contributed by atoms with Gasteiger partial charge in [0.05, 0.1) is 6.61 Å². The molecule has 9 nitrogen and oxygen atoms in total. The summed E-state index contributed by atoms with van der Waals surface area (Å²) in [6.45, 7) is -0.453. The van der Waals surface area contributed by atoms with Crippen molar-refractivity contribution >= 4 is 5.82 Å². The average molecular weight is 261 g/mol. The highest BCUT2D eigenvalue weighted by atomic mass is 16.6. The van der Waals surface area contributed by atoms with Gasteiger partial charge < -0.3 is 31.3 Å². The van der Waals surface area contributed by atoms with Gasteiger partial charge in [0, 0.05) is 6.20 Å². The van der Waals surface area contributed by atoms with Gasteiger partial charge in [-0.1, -0.05) is 0 Å². The van der Waals surface area contributed by atoms with E-state index in [1.165, 1.54) is 12.3 Å². The van der Waals surface area contributed by atoms with Crippen LogP contribution in [0.4, 0.5) is 5.82 Å². The fourth-order valence-electron chi connectivity index (χ4n) is 1.73. The average Bonchev–Trinajstić information content (AvgIpc) is 2.57. The Morgan fingerprint density at radius 2 is 2.11 bits per heavy atom. The van der Waals surface area contributed by atoms with E-state index in [9.17, 15) is 15.0 Å². The van der Waals surface area contributed by atoms with Crippen LogP contribution in [0.1, 0.15) is 6.23 Å². The number of ether oxygens (including phenoxy) is 1. The van der Waals surface area contributed by atoms with Gasteiger partial charge in [-0.3, -0.25) is 4.57 Å². The van der Waals surface area contributed by atoms with Crippen LogP contribution in [0.5, 0.6) is 0 Å². The lowest BCUT2D eigenvalue weighted by Gasteiger charge is -2.16. The molecular formula is C9H15N3O6. The Bertz CT molecular complexity index is 464. The second kappa shape index (κ2) is 5.42. The molecule has 0 aliphatic carbocycles. The maximum absolute atomic E-state index is 11.5. The molecule has 1 saturated heterocycles. The molecule has 0 bridgehead atoms. The van der Waals surface area contributed by atoms with Crippen LogP contribution in [0.3, 0.4) is 0 Å². The van der Waals surface area contributed by atoms with E-state index in [4.69, 9.17) is 15.6 Å². The number of rotatable bonds is 2. The molecule has 1 aliphatic heterocycles. The van der Waals surface area contributed by atoms with Crippen LogP contribution >= 0.6 is 0 Å². The van der Waals surface area contributed by atoms with Crippen molar-refractivity contribution in [2.75, 3.05) is 12.3 Å². The first-order valence-electron chi connectivity index (χ1n) is 5.01. The van der Waals surface area contributed by atoms with Crippen molar-refractivity contribution < 1.29 is 25.5 Å². The van der Waals surface area contributed by atoms with Crippen molar-refractivity contribution in [3.05, 3.63) is 22.7 Å². The molecule has 0 spiro atoms. The van der Waals surface area contributed by atoms with E-state index in [1.807, 2.05) is 0 Å². The maximum atomic E-state index is 11.5. The van der Waals surface area contributed by atoms with E-state index in [1.54, 1.807) is 0 Å². The zero-order valence-electron chi connectivity index (χ0n) is 9.30. The van der Waals surface area contributed by atoms with Crippen molar-refractivity contribution in [1.82, 2.24) is 9.55 Å². The first kappa shape index (κ1) is 14.5. The predicted octanol–water partition coefficient (Wildman–Crippen LogP) is -3.39. The quantitative estimate of drug-likeness (QED) is 0.431. The van der Waals surface area contributed by atoms with Crippen LogP contribution in [0.15, 0.2) is 17.1 Å². The summed E-state index contributed by atoms with van der Waals surface area (Å²) in [6.07, 6.45) is -3.27. The third-order valence-corrected chi connectivity index (χ3v) is 2.64. The van der Waals surface area contributed by atoms with Gasteiger partial charge >= 0.3 is 5.69 Å². The van der Waals surface area contributed by atoms with E-state index in [0.717, 1.165) is 4.57 Å². The van der Waals surface area contributed by atoms with E-state index < -0.39 is 36.8 Å². The molecule has 1 aromatic rings. The lowest BCUT2D eigenvalue weighted by Crippen LogP contribution is -2.36. The molecular weight excluding hydrogens is 246 g/mol. The number of aliphatic hydroxyl groups is 3. The normalized spacial score (nSPS) is 31.1. The standard InChI is InChI=1S/C9H13N3O5.H2O/c10-5-1-2-12(9(16)11-5)8-7(15)6(14)4(3-13)17-8;/h1-2,4,6-8,13-15H,3H2,(H2,10,11,16);1H2/t4-,6-,7+,8-;/m1./s1. The van der Waals surface area contributed by atoms with Gasteiger partial charge in [-0.25, -0.2) is 4.79 Å². The zero-order chi connectivity index (χ0) is 12.6. The maximum Gasteiger partial charge on any atom is 0.351 e. The number of nitrogens with two attached hydrogens (primary N) is 1.